The average molecular weight is 419 g/mol. The fourth-order valence-corrected chi connectivity index (χ4v) is 2.74. The van der Waals surface area contributed by atoms with Crippen LogP contribution in [-0.4, -0.2) is 36.5 Å². The van der Waals surface area contributed by atoms with Gasteiger partial charge in [-0.3, -0.25) is 10.0 Å². The predicted molar refractivity (Wildman–Crippen MR) is 116 cm³/mol. The van der Waals surface area contributed by atoms with Gasteiger partial charge in [-0.2, -0.15) is 5.26 Å². The summed E-state index contributed by atoms with van der Waals surface area (Å²) < 4.78 is 10.7. The molecule has 2 amide bonds. The molecular formula is C21H21N7O3. The summed E-state index contributed by atoms with van der Waals surface area (Å²) in [5.41, 5.74) is 5.24. The summed E-state index contributed by atoms with van der Waals surface area (Å²) in [5, 5.41) is 15.6. The number of carbonyl (C=O) groups excluding carboxylic acids is 1. The topological polar surface area (TPSA) is 128 Å². The van der Waals surface area contributed by atoms with Gasteiger partial charge in [0.2, 0.25) is 0 Å². The Morgan fingerprint density at radius 1 is 1.29 bits per heavy atom. The Kier molecular flexibility index (Phi) is 7.05. The van der Waals surface area contributed by atoms with Gasteiger partial charge in [0.05, 0.1) is 25.4 Å². The highest BCUT2D eigenvalue weighted by molar-refractivity contribution is 6.00. The lowest BCUT2D eigenvalue weighted by molar-refractivity contribution is 0.262. The number of benzene rings is 2. The first-order valence-corrected chi connectivity index (χ1v) is 9.20. The van der Waals surface area contributed by atoms with Crippen molar-refractivity contribution in [1.82, 2.24) is 15.4 Å². The Morgan fingerprint density at radius 3 is 2.81 bits per heavy atom. The van der Waals surface area contributed by atoms with E-state index in [0.29, 0.717) is 29.4 Å². The first kappa shape index (κ1) is 21.2. The Balaban J connectivity index is 1.61. The van der Waals surface area contributed by atoms with Gasteiger partial charge in [0, 0.05) is 24.5 Å². The number of aliphatic imine (C=N–C) groups is 1. The van der Waals surface area contributed by atoms with E-state index in [2.05, 4.69) is 26.0 Å². The van der Waals surface area contributed by atoms with E-state index >= 15 is 0 Å². The lowest BCUT2D eigenvalue weighted by Gasteiger charge is -2.11. The van der Waals surface area contributed by atoms with Gasteiger partial charge in [-0.15, -0.1) is 0 Å². The van der Waals surface area contributed by atoms with Crippen LogP contribution in [0.4, 0.5) is 16.2 Å². The molecule has 0 atom stereocenters. The minimum atomic E-state index is -0.395. The second-order valence-corrected chi connectivity index (χ2v) is 6.35. The molecule has 10 nitrogen and oxygen atoms in total. The number of rotatable bonds is 8. The van der Waals surface area contributed by atoms with Crippen molar-refractivity contribution in [2.75, 3.05) is 24.8 Å². The largest absolute Gasteiger partial charge is 0.496 e. The Labute approximate surface area is 179 Å². The van der Waals surface area contributed by atoms with Gasteiger partial charge < -0.3 is 19.8 Å². The first-order valence-electron chi connectivity index (χ1n) is 9.20. The highest BCUT2D eigenvalue weighted by Crippen LogP contribution is 2.32. The molecular weight excluding hydrogens is 398 g/mol. The molecule has 0 fully saturated rings. The van der Waals surface area contributed by atoms with Crippen LogP contribution >= 0.6 is 0 Å². The molecule has 158 valence electrons. The number of ether oxygens (including phenoxy) is 1. The zero-order valence-electron chi connectivity index (χ0n) is 17.0. The van der Waals surface area contributed by atoms with Crippen molar-refractivity contribution in [3.8, 4) is 23.3 Å². The highest BCUT2D eigenvalue weighted by atomic mass is 16.5. The van der Waals surface area contributed by atoms with Crippen molar-refractivity contribution in [3.63, 3.8) is 0 Å². The third-order valence-electron chi connectivity index (χ3n) is 4.10. The van der Waals surface area contributed by atoms with E-state index in [1.165, 1.54) is 17.7 Å². The van der Waals surface area contributed by atoms with E-state index in [-0.39, 0.29) is 0 Å². The number of urea groups is 1. The van der Waals surface area contributed by atoms with E-state index in [1.54, 1.807) is 50.8 Å². The van der Waals surface area contributed by atoms with Crippen LogP contribution in [0.15, 0.2) is 64.5 Å². The number of nitriles is 1. The maximum absolute atomic E-state index is 12.4. The number of aromatic nitrogens is 1. The SMILES string of the molecule is COc1cc(NC(=O)Nc2cccc(CN=CN(C)NC#N)c2)ccc1-c1cnco1. The molecule has 0 saturated heterocycles. The molecule has 2 aromatic carbocycles. The summed E-state index contributed by atoms with van der Waals surface area (Å²) in [6, 6.07) is 12.2. The summed E-state index contributed by atoms with van der Waals surface area (Å²) >= 11 is 0. The Bertz CT molecular complexity index is 1090. The van der Waals surface area contributed by atoms with Crippen molar-refractivity contribution in [2.45, 2.75) is 6.54 Å². The van der Waals surface area contributed by atoms with Crippen LogP contribution in [0.3, 0.4) is 0 Å². The molecule has 1 aromatic heterocycles. The molecule has 0 bridgehead atoms. The lowest BCUT2D eigenvalue weighted by atomic mass is 10.1. The van der Waals surface area contributed by atoms with Crippen LogP contribution in [0.5, 0.6) is 5.75 Å². The number of amides is 2. The number of carbonyl (C=O) groups is 1. The van der Waals surface area contributed by atoms with E-state index < -0.39 is 6.03 Å². The van der Waals surface area contributed by atoms with Crippen LogP contribution in [-0.2, 0) is 6.54 Å². The minimum Gasteiger partial charge on any atom is -0.496 e. The van der Waals surface area contributed by atoms with Gasteiger partial charge in [-0.05, 0) is 29.8 Å². The highest BCUT2D eigenvalue weighted by Gasteiger charge is 2.11. The maximum Gasteiger partial charge on any atom is 0.323 e. The van der Waals surface area contributed by atoms with Crippen molar-refractivity contribution in [2.24, 2.45) is 4.99 Å². The molecule has 3 aromatic rings. The molecule has 3 N–H and O–H groups in total. The molecule has 1 heterocycles. The maximum atomic E-state index is 12.4. The third kappa shape index (κ3) is 5.98. The second kappa shape index (κ2) is 10.3. The second-order valence-electron chi connectivity index (χ2n) is 6.35. The third-order valence-corrected chi connectivity index (χ3v) is 4.10. The predicted octanol–water partition coefficient (Wildman–Crippen LogP) is 3.44. The van der Waals surface area contributed by atoms with Gasteiger partial charge in [0.25, 0.3) is 0 Å². The van der Waals surface area contributed by atoms with E-state index in [4.69, 9.17) is 14.4 Å². The number of nitrogens with zero attached hydrogens (tertiary/aromatic N) is 4. The molecule has 10 heteroatoms. The van der Waals surface area contributed by atoms with Gasteiger partial charge >= 0.3 is 6.03 Å². The number of nitrogens with one attached hydrogen (secondary N) is 3. The van der Waals surface area contributed by atoms with Crippen molar-refractivity contribution in [3.05, 3.63) is 60.6 Å². The average Bonchev–Trinajstić information content (AvgIpc) is 3.28. The van der Waals surface area contributed by atoms with Gasteiger partial charge in [-0.1, -0.05) is 12.1 Å². The van der Waals surface area contributed by atoms with E-state index in [0.717, 1.165) is 11.1 Å². The fraction of sp³-hybridized carbons (Fsp3) is 0.143. The molecule has 0 saturated carbocycles. The molecule has 0 aliphatic carbocycles. The summed E-state index contributed by atoms with van der Waals surface area (Å²) in [7, 11) is 3.21. The first-order chi connectivity index (χ1) is 15.1. The smallest absolute Gasteiger partial charge is 0.323 e. The van der Waals surface area contributed by atoms with Gasteiger partial charge in [0.1, 0.15) is 12.1 Å². The number of hydrazine groups is 1. The van der Waals surface area contributed by atoms with Crippen LogP contribution in [0.2, 0.25) is 0 Å². The zero-order valence-corrected chi connectivity index (χ0v) is 17.0. The van der Waals surface area contributed by atoms with Gasteiger partial charge in [0.15, 0.2) is 18.3 Å². The van der Waals surface area contributed by atoms with Crippen molar-refractivity contribution in [1.29, 1.82) is 5.26 Å². The summed E-state index contributed by atoms with van der Waals surface area (Å²) in [6.45, 7) is 0.398. The van der Waals surface area contributed by atoms with Crippen LogP contribution in [0.1, 0.15) is 5.56 Å². The number of anilines is 2. The molecule has 0 aliphatic rings. The van der Waals surface area contributed by atoms with Crippen molar-refractivity contribution >= 4 is 23.7 Å². The number of oxazole rings is 1. The van der Waals surface area contributed by atoms with Crippen LogP contribution < -0.4 is 20.8 Å². The monoisotopic (exact) mass is 419 g/mol. The number of hydrogen-bond acceptors (Lipinski definition) is 7. The molecule has 3 rings (SSSR count). The summed E-state index contributed by atoms with van der Waals surface area (Å²) in [6.07, 6.45) is 6.24. The van der Waals surface area contributed by atoms with Crippen molar-refractivity contribution < 1.29 is 13.9 Å². The summed E-state index contributed by atoms with van der Waals surface area (Å²) in [5.74, 6) is 1.12. The fourth-order valence-electron chi connectivity index (χ4n) is 2.74. The molecule has 0 radical (unpaired) electrons. The zero-order chi connectivity index (χ0) is 22.1. The van der Waals surface area contributed by atoms with E-state index in [9.17, 15) is 4.79 Å². The van der Waals surface area contributed by atoms with E-state index in [1.807, 2.05) is 18.2 Å². The summed E-state index contributed by atoms with van der Waals surface area (Å²) in [4.78, 5) is 20.5. The number of methoxy groups -OCH3 is 1. The van der Waals surface area contributed by atoms with Crippen LogP contribution in [0.25, 0.3) is 11.3 Å². The minimum absolute atomic E-state index is 0.395. The Morgan fingerprint density at radius 2 is 2.10 bits per heavy atom. The standard InChI is InChI=1S/C21H21N7O3/c1-28(25-12-22)13-23-10-15-4-3-5-16(8-15)26-21(29)27-17-6-7-18(19(9-17)30-2)20-11-24-14-31-20/h3-9,11,13-14,25H,10H2,1-2H3,(H2,26,27,29). The normalized spacial score (nSPS) is 10.4. The molecule has 31 heavy (non-hydrogen) atoms. The van der Waals surface area contributed by atoms with Crippen LogP contribution in [0, 0.1) is 11.5 Å². The number of hydrogen-bond donors (Lipinski definition) is 3. The van der Waals surface area contributed by atoms with Gasteiger partial charge in [-0.25, -0.2) is 15.2 Å². The molecule has 0 unspecified atom stereocenters. The molecule has 0 spiro atoms. The quantitative estimate of drug-likeness (QED) is 0.168. The lowest BCUT2D eigenvalue weighted by Crippen LogP contribution is -2.28. The molecule has 0 aliphatic heterocycles. The Hall–Kier alpha value is -4.52.